The van der Waals surface area contributed by atoms with Crippen molar-refractivity contribution in [2.45, 2.75) is 32.7 Å². The second-order valence-corrected chi connectivity index (χ2v) is 2.37. The van der Waals surface area contributed by atoms with Gasteiger partial charge in [-0.15, -0.1) is 0 Å². The molecule has 0 heterocycles. The molecule has 1 atom stereocenters. The number of carbonyl (C=O) groups is 2. The summed E-state index contributed by atoms with van der Waals surface area (Å²) in [6, 6.07) is -0.770. The van der Waals surface area contributed by atoms with E-state index in [9.17, 15) is 9.59 Å². The van der Waals surface area contributed by atoms with Crippen LogP contribution >= 0.6 is 0 Å². The fraction of sp³-hybridized carbons (Fsp3) is 0.714. The largest absolute Gasteiger partial charge is 0.322 e. The molecule has 0 aliphatic carbocycles. The first-order chi connectivity index (χ1) is 5.45. The molecule has 0 fully saturated rings. The van der Waals surface area contributed by atoms with E-state index in [0.29, 0.717) is 5.72 Å². The topological polar surface area (TPSA) is 60.2 Å². The summed E-state index contributed by atoms with van der Waals surface area (Å²) >= 11 is 0. The summed E-state index contributed by atoms with van der Waals surface area (Å²) < 4.78 is 13.8. The summed E-state index contributed by atoms with van der Waals surface area (Å²) in [4.78, 5) is 21.3. The molecule has 10 heavy (non-hydrogen) atoms. The van der Waals surface area contributed by atoms with Gasteiger partial charge in [0.1, 0.15) is 14.4 Å². The minimum atomic E-state index is -0.770. The summed E-state index contributed by atoms with van der Waals surface area (Å²) in [7, 11) is 0. The van der Waals surface area contributed by atoms with Crippen molar-refractivity contribution in [3.8, 4) is 0 Å². The summed E-state index contributed by atoms with van der Waals surface area (Å²) in [5.74, 6) is -0.274. The highest BCUT2D eigenvalue weighted by Crippen LogP contribution is 1.95. The van der Waals surface area contributed by atoms with E-state index in [1.165, 1.54) is 13.8 Å². The van der Waals surface area contributed by atoms with Gasteiger partial charge in [0.2, 0.25) is 0 Å². The Balaban J connectivity index is 3.97. The van der Waals surface area contributed by atoms with E-state index in [4.69, 9.17) is 2.82 Å². The fourth-order valence-corrected chi connectivity index (χ4v) is 0.543. The van der Waals surface area contributed by atoms with E-state index < -0.39 is 6.04 Å². The van der Waals surface area contributed by atoms with Crippen molar-refractivity contribution >= 4 is 11.6 Å². The summed E-state index contributed by atoms with van der Waals surface area (Å²) in [6.07, 6.45) is 0.510. The number of nitrogens with two attached hydrogens (primary N) is 1. The number of carbonyl (C=O) groups excluding carboxylic acids is 2. The van der Waals surface area contributed by atoms with Crippen LogP contribution in [0, 0.1) is 0 Å². The van der Waals surface area contributed by atoms with Crippen LogP contribution in [0.2, 0.25) is 2.82 Å². The molecule has 1 unspecified atom stereocenters. The number of rotatable bonds is 5. The Labute approximate surface area is 63.5 Å². The maximum absolute atomic E-state index is 10.8. The highest BCUT2D eigenvalue weighted by Gasteiger charge is 2.07. The number of hydrogen-bond acceptors (Lipinski definition) is 3. The quantitative estimate of drug-likeness (QED) is 0.566. The second kappa shape index (κ2) is 4.17. The average molecular weight is 146 g/mol. The van der Waals surface area contributed by atoms with Gasteiger partial charge in [-0.05, 0) is 20.3 Å². The third-order valence-corrected chi connectivity index (χ3v) is 1.24. The predicted molar refractivity (Wildman–Crippen MR) is 38.6 cm³/mol. The molecular weight excluding hydrogens is 131 g/mol. The van der Waals surface area contributed by atoms with Crippen molar-refractivity contribution < 1.29 is 12.4 Å². The SMILES string of the molecule is [2H]N([2H])C(CC[13C](C)=O)C(C)=O. The highest BCUT2D eigenvalue weighted by atomic mass is 16.2. The van der Waals surface area contributed by atoms with Gasteiger partial charge in [0.25, 0.3) is 0 Å². The van der Waals surface area contributed by atoms with Crippen molar-refractivity contribution in [2.24, 2.45) is 5.72 Å². The summed E-state index contributed by atoms with van der Waals surface area (Å²) in [6.45, 7) is 2.75. The molecule has 0 radical (unpaired) electrons. The van der Waals surface area contributed by atoms with Gasteiger partial charge >= 0.3 is 0 Å². The number of hydrogen-bond donors (Lipinski definition) is 1. The molecule has 0 aromatic heterocycles. The number of ketones is 2. The lowest BCUT2D eigenvalue weighted by Crippen LogP contribution is -2.28. The Morgan fingerprint density at radius 3 is 2.50 bits per heavy atom. The molecule has 3 heteroatoms. The van der Waals surface area contributed by atoms with E-state index in [2.05, 4.69) is 0 Å². The monoisotopic (exact) mass is 146 g/mol. The van der Waals surface area contributed by atoms with Crippen LogP contribution in [-0.4, -0.2) is 17.6 Å². The maximum atomic E-state index is 10.8. The molecule has 0 aliphatic rings. The van der Waals surface area contributed by atoms with E-state index in [-0.39, 0.29) is 24.4 Å². The zero-order valence-corrected chi connectivity index (χ0v) is 6.26. The summed E-state index contributed by atoms with van der Waals surface area (Å²) in [5.41, 5.74) is 0.352. The molecule has 58 valence electrons. The van der Waals surface area contributed by atoms with Gasteiger partial charge in [-0.3, -0.25) is 4.79 Å². The van der Waals surface area contributed by atoms with Crippen LogP contribution < -0.4 is 5.72 Å². The van der Waals surface area contributed by atoms with Gasteiger partial charge < -0.3 is 10.5 Å². The third-order valence-electron chi connectivity index (χ3n) is 1.24. The first-order valence-corrected chi connectivity index (χ1v) is 3.22. The summed E-state index contributed by atoms with van der Waals surface area (Å²) in [5, 5.41) is 0. The number of Topliss-reactive ketones (excluding diaryl/α,β-unsaturated/α-hetero) is 2. The van der Waals surface area contributed by atoms with Gasteiger partial charge in [0, 0.05) is 6.42 Å². The second-order valence-electron chi connectivity index (χ2n) is 2.37. The zero-order valence-electron chi connectivity index (χ0n) is 8.26. The predicted octanol–water partition coefficient (Wildman–Crippen LogP) is 0.272. The molecule has 0 aromatic carbocycles. The van der Waals surface area contributed by atoms with Crippen molar-refractivity contribution in [1.29, 1.82) is 0 Å². The maximum Gasteiger partial charge on any atom is 0.146 e. The van der Waals surface area contributed by atoms with Crippen LogP contribution in [0.1, 0.15) is 26.7 Å². The molecule has 0 saturated carbocycles. The lowest BCUT2D eigenvalue weighted by atomic mass is 10.1. The fourth-order valence-electron chi connectivity index (χ4n) is 0.543. The molecule has 0 spiro atoms. The Hall–Kier alpha value is -0.700. The van der Waals surface area contributed by atoms with E-state index in [1.807, 2.05) is 0 Å². The van der Waals surface area contributed by atoms with Gasteiger partial charge in [-0.1, -0.05) is 0 Å². The highest BCUT2D eigenvalue weighted by molar-refractivity contribution is 5.82. The molecule has 0 bridgehead atoms. The molecule has 0 rings (SSSR count). The first kappa shape index (κ1) is 6.04. The van der Waals surface area contributed by atoms with Crippen LogP contribution in [0.3, 0.4) is 0 Å². The Morgan fingerprint density at radius 1 is 1.60 bits per heavy atom. The van der Waals surface area contributed by atoms with E-state index >= 15 is 0 Å². The van der Waals surface area contributed by atoms with Crippen LogP contribution in [0.25, 0.3) is 0 Å². The van der Waals surface area contributed by atoms with Gasteiger partial charge in [-0.2, -0.15) is 0 Å². The van der Waals surface area contributed by atoms with Crippen molar-refractivity contribution in [1.82, 2.24) is 0 Å². The normalized spacial score (nSPS) is 15.9. The molecule has 0 aromatic rings. The van der Waals surface area contributed by atoms with Gasteiger partial charge in [0.05, 0.1) is 6.04 Å². The van der Waals surface area contributed by atoms with Gasteiger partial charge in [0.15, 0.2) is 0 Å². The van der Waals surface area contributed by atoms with Crippen LogP contribution in [0.15, 0.2) is 0 Å². The Kier molecular flexibility index (Phi) is 2.52. The minimum absolute atomic E-state index is 0.0249. The van der Waals surface area contributed by atoms with E-state index in [1.54, 1.807) is 0 Å². The Morgan fingerprint density at radius 2 is 2.20 bits per heavy atom. The van der Waals surface area contributed by atoms with Crippen molar-refractivity contribution in [3.05, 3.63) is 0 Å². The van der Waals surface area contributed by atoms with Crippen LogP contribution in [-0.2, 0) is 9.59 Å². The van der Waals surface area contributed by atoms with Crippen LogP contribution in [0.5, 0.6) is 0 Å². The zero-order chi connectivity index (χ0) is 9.72. The lowest BCUT2D eigenvalue weighted by Gasteiger charge is -2.03. The molecule has 2 N–H and O–H groups in total. The smallest absolute Gasteiger partial charge is 0.146 e. The van der Waals surface area contributed by atoms with Crippen molar-refractivity contribution in [3.63, 3.8) is 0 Å². The Bertz CT molecular complexity index is 182. The first-order valence-electron chi connectivity index (χ1n) is 4.11. The van der Waals surface area contributed by atoms with Gasteiger partial charge in [-0.25, -0.2) is 0 Å². The van der Waals surface area contributed by atoms with E-state index in [0.717, 1.165) is 0 Å². The van der Waals surface area contributed by atoms with Crippen molar-refractivity contribution in [2.75, 3.05) is 0 Å². The average Bonchev–Trinajstić information content (AvgIpc) is 1.84. The molecule has 0 amide bonds. The lowest BCUT2D eigenvalue weighted by molar-refractivity contribution is -0.119. The third kappa shape index (κ3) is 4.21. The molecule has 3 nitrogen and oxygen atoms in total. The molecular formula is C7H13NO2. The standard InChI is InChI=1S/C7H13NO2/c1-5(9)3-4-7(8)6(2)10/h7H,3-4,8H2,1-2H3/i5+1/hD2. The molecule has 0 saturated heterocycles. The van der Waals surface area contributed by atoms with Crippen LogP contribution in [0.4, 0.5) is 0 Å². The minimum Gasteiger partial charge on any atom is -0.322 e. The molecule has 0 aliphatic heterocycles.